The summed E-state index contributed by atoms with van der Waals surface area (Å²) in [6.45, 7) is 4.07. The molecule has 0 saturated carbocycles. The number of rotatable bonds is 12. The second-order valence-corrected chi connectivity index (χ2v) is 8.58. The van der Waals surface area contributed by atoms with Crippen LogP contribution in [-0.4, -0.2) is 35.7 Å². The smallest absolute Gasteiger partial charge is 0.224 e. The van der Waals surface area contributed by atoms with Crippen molar-refractivity contribution >= 4 is 16.9 Å². The lowest BCUT2D eigenvalue weighted by atomic mass is 10.1. The van der Waals surface area contributed by atoms with E-state index in [0.29, 0.717) is 26.0 Å². The highest BCUT2D eigenvalue weighted by Gasteiger charge is 2.12. The van der Waals surface area contributed by atoms with Gasteiger partial charge in [0, 0.05) is 19.5 Å². The molecule has 0 spiro atoms. The number of fused-ring (bicyclic) bond motifs is 1. The molecular weight excluding hydrogens is 438 g/mol. The Morgan fingerprint density at radius 2 is 1.69 bits per heavy atom. The summed E-state index contributed by atoms with van der Waals surface area (Å²) in [4.78, 5) is 17.3. The molecule has 4 aromatic rings. The summed E-state index contributed by atoms with van der Waals surface area (Å²) in [6, 6.07) is 23.9. The summed E-state index contributed by atoms with van der Waals surface area (Å²) in [5, 5.41) is 3.06. The van der Waals surface area contributed by atoms with Gasteiger partial charge >= 0.3 is 0 Å². The Bertz CT molecular complexity index is 1270. The Morgan fingerprint density at radius 3 is 2.51 bits per heavy atom. The molecule has 0 fully saturated rings. The quantitative estimate of drug-likeness (QED) is 0.292. The monoisotopic (exact) mass is 471 g/mol. The number of nitrogens with zero attached hydrogens (tertiary/aromatic N) is 2. The van der Waals surface area contributed by atoms with Crippen molar-refractivity contribution in [3.05, 3.63) is 89.7 Å². The molecule has 0 unspecified atom stereocenters. The fourth-order valence-corrected chi connectivity index (χ4v) is 4.22. The third kappa shape index (κ3) is 6.41. The number of benzene rings is 3. The van der Waals surface area contributed by atoms with E-state index >= 15 is 0 Å². The minimum atomic E-state index is 0.0375. The Morgan fingerprint density at radius 1 is 0.943 bits per heavy atom. The highest BCUT2D eigenvalue weighted by atomic mass is 16.5. The standard InChI is InChI=1S/C29H33N3O3/c1-22-11-3-4-12-23(22)21-29(33)30-18-17-28-31-24-13-5-6-14-25(24)32(28)19-9-10-20-35-27-16-8-7-15-26(27)34-2/h3-8,11-16H,9-10,17-21H2,1-2H3,(H,30,33). The molecule has 3 aromatic carbocycles. The van der Waals surface area contributed by atoms with Crippen LogP contribution in [0, 0.1) is 6.92 Å². The van der Waals surface area contributed by atoms with E-state index in [4.69, 9.17) is 14.5 Å². The number of carbonyl (C=O) groups excluding carboxylic acids is 1. The minimum Gasteiger partial charge on any atom is -0.493 e. The van der Waals surface area contributed by atoms with E-state index in [9.17, 15) is 4.79 Å². The van der Waals surface area contributed by atoms with Gasteiger partial charge in [0.15, 0.2) is 11.5 Å². The summed E-state index contributed by atoms with van der Waals surface area (Å²) >= 11 is 0. The number of hydrogen-bond acceptors (Lipinski definition) is 4. The lowest BCUT2D eigenvalue weighted by Crippen LogP contribution is -2.28. The summed E-state index contributed by atoms with van der Waals surface area (Å²) in [7, 11) is 1.65. The molecule has 0 bridgehead atoms. The topological polar surface area (TPSA) is 65.4 Å². The fraction of sp³-hybridized carbons (Fsp3) is 0.310. The predicted octanol–water partition coefficient (Wildman–Crippen LogP) is 5.11. The normalized spacial score (nSPS) is 10.9. The SMILES string of the molecule is COc1ccccc1OCCCCn1c(CCNC(=O)Cc2ccccc2C)nc2ccccc21. The number of amides is 1. The molecule has 1 heterocycles. The Labute approximate surface area is 206 Å². The maximum absolute atomic E-state index is 12.5. The van der Waals surface area contributed by atoms with Crippen LogP contribution >= 0.6 is 0 Å². The molecule has 1 N–H and O–H groups in total. The van der Waals surface area contributed by atoms with Crippen molar-refractivity contribution in [2.75, 3.05) is 20.3 Å². The van der Waals surface area contributed by atoms with Crippen LogP contribution < -0.4 is 14.8 Å². The zero-order chi connectivity index (χ0) is 24.5. The van der Waals surface area contributed by atoms with E-state index in [2.05, 4.69) is 16.0 Å². The van der Waals surface area contributed by atoms with Crippen LogP contribution in [0.5, 0.6) is 11.5 Å². The molecule has 6 nitrogen and oxygen atoms in total. The van der Waals surface area contributed by atoms with Crippen LogP contribution in [0.15, 0.2) is 72.8 Å². The van der Waals surface area contributed by atoms with Gasteiger partial charge < -0.3 is 19.4 Å². The van der Waals surface area contributed by atoms with Gasteiger partial charge in [-0.05, 0) is 55.2 Å². The number of carbonyl (C=O) groups is 1. The first-order valence-electron chi connectivity index (χ1n) is 12.2. The largest absolute Gasteiger partial charge is 0.493 e. The molecule has 0 saturated heterocycles. The number of methoxy groups -OCH3 is 1. The van der Waals surface area contributed by atoms with Crippen LogP contribution in [0.2, 0.25) is 0 Å². The number of para-hydroxylation sites is 4. The van der Waals surface area contributed by atoms with Gasteiger partial charge in [-0.2, -0.15) is 0 Å². The molecule has 4 rings (SSSR count). The van der Waals surface area contributed by atoms with Crippen LogP contribution in [0.3, 0.4) is 0 Å². The van der Waals surface area contributed by atoms with Crippen molar-refractivity contribution in [1.82, 2.24) is 14.9 Å². The minimum absolute atomic E-state index is 0.0375. The summed E-state index contributed by atoms with van der Waals surface area (Å²) in [6.07, 6.45) is 2.96. The molecule has 1 aromatic heterocycles. The van der Waals surface area contributed by atoms with E-state index in [1.54, 1.807) is 7.11 Å². The van der Waals surface area contributed by atoms with E-state index in [1.807, 2.05) is 73.7 Å². The maximum atomic E-state index is 12.5. The Hall–Kier alpha value is -3.80. The van der Waals surface area contributed by atoms with Crippen molar-refractivity contribution < 1.29 is 14.3 Å². The molecular formula is C29H33N3O3. The predicted molar refractivity (Wildman–Crippen MR) is 139 cm³/mol. The number of hydrogen-bond donors (Lipinski definition) is 1. The molecule has 0 aliphatic heterocycles. The molecule has 35 heavy (non-hydrogen) atoms. The van der Waals surface area contributed by atoms with Crippen molar-refractivity contribution in [2.45, 2.75) is 39.2 Å². The second-order valence-electron chi connectivity index (χ2n) is 8.58. The van der Waals surface area contributed by atoms with Gasteiger partial charge in [0.25, 0.3) is 0 Å². The van der Waals surface area contributed by atoms with E-state index in [1.165, 1.54) is 0 Å². The number of aromatic nitrogens is 2. The first kappa shape index (κ1) is 24.3. The molecule has 0 aliphatic carbocycles. The van der Waals surface area contributed by atoms with Crippen molar-refractivity contribution in [2.24, 2.45) is 0 Å². The maximum Gasteiger partial charge on any atom is 0.224 e. The highest BCUT2D eigenvalue weighted by Crippen LogP contribution is 2.26. The van der Waals surface area contributed by atoms with E-state index < -0.39 is 0 Å². The van der Waals surface area contributed by atoms with Crippen molar-refractivity contribution in [1.29, 1.82) is 0 Å². The van der Waals surface area contributed by atoms with E-state index in [0.717, 1.165) is 58.9 Å². The number of aryl methyl sites for hydroxylation is 2. The average Bonchev–Trinajstić information content (AvgIpc) is 3.22. The molecule has 0 radical (unpaired) electrons. The van der Waals surface area contributed by atoms with Gasteiger partial charge in [-0.15, -0.1) is 0 Å². The molecule has 0 aliphatic rings. The van der Waals surface area contributed by atoms with Gasteiger partial charge in [0.05, 0.1) is 31.2 Å². The van der Waals surface area contributed by atoms with Gasteiger partial charge in [0.2, 0.25) is 5.91 Å². The van der Waals surface area contributed by atoms with Gasteiger partial charge in [-0.25, -0.2) is 4.98 Å². The zero-order valence-electron chi connectivity index (χ0n) is 20.5. The van der Waals surface area contributed by atoms with Gasteiger partial charge in [0.1, 0.15) is 5.82 Å². The lowest BCUT2D eigenvalue weighted by molar-refractivity contribution is -0.120. The van der Waals surface area contributed by atoms with Crippen LogP contribution in [0.1, 0.15) is 29.8 Å². The number of unbranched alkanes of at least 4 members (excludes halogenated alkanes) is 1. The second kappa shape index (κ2) is 12.1. The first-order valence-corrected chi connectivity index (χ1v) is 12.2. The summed E-state index contributed by atoms with van der Waals surface area (Å²) in [5.41, 5.74) is 4.31. The van der Waals surface area contributed by atoms with Crippen LogP contribution in [0.25, 0.3) is 11.0 Å². The highest BCUT2D eigenvalue weighted by molar-refractivity contribution is 5.79. The van der Waals surface area contributed by atoms with Crippen LogP contribution in [-0.2, 0) is 24.2 Å². The molecule has 182 valence electrons. The molecule has 6 heteroatoms. The summed E-state index contributed by atoms with van der Waals surface area (Å²) in [5.74, 6) is 2.55. The third-order valence-corrected chi connectivity index (χ3v) is 6.12. The van der Waals surface area contributed by atoms with E-state index in [-0.39, 0.29) is 5.91 Å². The van der Waals surface area contributed by atoms with Crippen molar-refractivity contribution in [3.8, 4) is 11.5 Å². The van der Waals surface area contributed by atoms with Crippen LogP contribution in [0.4, 0.5) is 0 Å². The fourth-order valence-electron chi connectivity index (χ4n) is 4.22. The molecule has 1 amide bonds. The Balaban J connectivity index is 1.31. The number of imidazole rings is 1. The van der Waals surface area contributed by atoms with Gasteiger partial charge in [-0.3, -0.25) is 4.79 Å². The number of ether oxygens (including phenoxy) is 2. The summed E-state index contributed by atoms with van der Waals surface area (Å²) < 4.78 is 13.5. The number of nitrogens with one attached hydrogen (secondary N) is 1. The molecule has 0 atom stereocenters. The lowest BCUT2D eigenvalue weighted by Gasteiger charge is -2.12. The van der Waals surface area contributed by atoms with Crippen molar-refractivity contribution in [3.63, 3.8) is 0 Å². The first-order chi connectivity index (χ1) is 17.2. The Kier molecular flexibility index (Phi) is 8.39. The zero-order valence-corrected chi connectivity index (χ0v) is 20.5. The third-order valence-electron chi connectivity index (χ3n) is 6.12. The van der Waals surface area contributed by atoms with Gasteiger partial charge in [-0.1, -0.05) is 48.5 Å². The average molecular weight is 472 g/mol.